The molecule has 0 aliphatic rings. The van der Waals surface area contributed by atoms with Crippen molar-refractivity contribution in [3.63, 3.8) is 0 Å². The predicted molar refractivity (Wildman–Crippen MR) is 89.2 cm³/mol. The minimum Gasteiger partial charge on any atom is -0.497 e. The van der Waals surface area contributed by atoms with Crippen LogP contribution < -0.4 is 14.2 Å². The van der Waals surface area contributed by atoms with Crippen LogP contribution in [0.25, 0.3) is 0 Å². The van der Waals surface area contributed by atoms with Crippen molar-refractivity contribution in [2.75, 3.05) is 14.2 Å². The Morgan fingerprint density at radius 2 is 1.45 bits per heavy atom. The first-order valence-electron chi connectivity index (χ1n) is 7.40. The number of benzene rings is 2. The molecule has 0 saturated carbocycles. The molecule has 0 unspecified atom stereocenters. The Kier molecular flexibility index (Phi) is 4.96. The normalized spacial score (nSPS) is 11.1. The fraction of sp³-hybridized carbons (Fsp3) is 0.368. The highest BCUT2D eigenvalue weighted by Gasteiger charge is 2.12. The molecule has 0 N–H and O–H groups in total. The molecule has 0 fully saturated rings. The maximum atomic E-state index is 5.84. The molecule has 0 heterocycles. The SMILES string of the molecule is COc1ccc(Cc2ccc(OC(C)(C)C)cc2)c(OC)c1. The van der Waals surface area contributed by atoms with E-state index in [0.717, 1.165) is 29.2 Å². The molecule has 3 nitrogen and oxygen atoms in total. The molecule has 0 aliphatic heterocycles. The maximum absolute atomic E-state index is 5.84. The van der Waals surface area contributed by atoms with Gasteiger partial charge in [-0.15, -0.1) is 0 Å². The third-order valence-corrected chi connectivity index (χ3v) is 3.24. The summed E-state index contributed by atoms with van der Waals surface area (Å²) in [5.74, 6) is 2.53. The number of hydrogen-bond donors (Lipinski definition) is 0. The molecule has 3 heteroatoms. The van der Waals surface area contributed by atoms with Crippen LogP contribution in [0.15, 0.2) is 42.5 Å². The van der Waals surface area contributed by atoms with Gasteiger partial charge in [-0.05, 0) is 50.1 Å². The molecule has 0 aliphatic carbocycles. The summed E-state index contributed by atoms with van der Waals surface area (Å²) in [6.07, 6.45) is 0.808. The van der Waals surface area contributed by atoms with Gasteiger partial charge in [0, 0.05) is 12.5 Å². The molecule has 118 valence electrons. The van der Waals surface area contributed by atoms with Gasteiger partial charge in [-0.25, -0.2) is 0 Å². The van der Waals surface area contributed by atoms with Crippen LogP contribution in [-0.4, -0.2) is 19.8 Å². The average molecular weight is 300 g/mol. The van der Waals surface area contributed by atoms with E-state index in [4.69, 9.17) is 14.2 Å². The van der Waals surface area contributed by atoms with E-state index in [1.807, 2.05) is 51.1 Å². The van der Waals surface area contributed by atoms with Crippen molar-refractivity contribution in [3.8, 4) is 17.2 Å². The molecule has 0 radical (unpaired) electrons. The molecule has 2 aromatic carbocycles. The first-order valence-corrected chi connectivity index (χ1v) is 7.40. The zero-order valence-electron chi connectivity index (χ0n) is 14.0. The minimum absolute atomic E-state index is 0.180. The van der Waals surface area contributed by atoms with E-state index >= 15 is 0 Å². The van der Waals surface area contributed by atoms with Gasteiger partial charge in [-0.3, -0.25) is 0 Å². The summed E-state index contributed by atoms with van der Waals surface area (Å²) in [5, 5.41) is 0. The van der Waals surface area contributed by atoms with Gasteiger partial charge >= 0.3 is 0 Å². The summed E-state index contributed by atoms with van der Waals surface area (Å²) in [7, 11) is 3.33. The van der Waals surface area contributed by atoms with Crippen LogP contribution in [0.5, 0.6) is 17.2 Å². The van der Waals surface area contributed by atoms with E-state index in [1.165, 1.54) is 5.56 Å². The van der Waals surface area contributed by atoms with Crippen LogP contribution in [-0.2, 0) is 6.42 Å². The molecule has 2 aromatic rings. The van der Waals surface area contributed by atoms with E-state index in [1.54, 1.807) is 14.2 Å². The monoisotopic (exact) mass is 300 g/mol. The standard InChI is InChI=1S/C19H24O3/c1-19(2,3)22-16-9-6-14(7-10-16)12-15-8-11-17(20-4)13-18(15)21-5/h6-11,13H,12H2,1-5H3. The third kappa shape index (κ3) is 4.42. The molecule has 0 bridgehead atoms. The molecular weight excluding hydrogens is 276 g/mol. The van der Waals surface area contributed by atoms with Crippen molar-refractivity contribution in [1.82, 2.24) is 0 Å². The lowest BCUT2D eigenvalue weighted by molar-refractivity contribution is 0.131. The molecular formula is C19H24O3. The van der Waals surface area contributed by atoms with Crippen molar-refractivity contribution < 1.29 is 14.2 Å². The van der Waals surface area contributed by atoms with Gasteiger partial charge in [0.25, 0.3) is 0 Å². The maximum Gasteiger partial charge on any atom is 0.126 e. The first-order chi connectivity index (χ1) is 10.4. The smallest absolute Gasteiger partial charge is 0.126 e. The van der Waals surface area contributed by atoms with Crippen LogP contribution in [0.3, 0.4) is 0 Å². The fourth-order valence-electron chi connectivity index (χ4n) is 2.25. The molecule has 0 atom stereocenters. The van der Waals surface area contributed by atoms with Crippen molar-refractivity contribution in [2.24, 2.45) is 0 Å². The molecule has 22 heavy (non-hydrogen) atoms. The largest absolute Gasteiger partial charge is 0.497 e. The minimum atomic E-state index is -0.180. The summed E-state index contributed by atoms with van der Waals surface area (Å²) in [6.45, 7) is 6.13. The lowest BCUT2D eigenvalue weighted by Crippen LogP contribution is -2.22. The van der Waals surface area contributed by atoms with Crippen molar-refractivity contribution in [3.05, 3.63) is 53.6 Å². The lowest BCUT2D eigenvalue weighted by Gasteiger charge is -2.21. The Bertz CT molecular complexity index is 610. The average Bonchev–Trinajstić information content (AvgIpc) is 2.48. The van der Waals surface area contributed by atoms with Crippen molar-refractivity contribution in [1.29, 1.82) is 0 Å². The van der Waals surface area contributed by atoms with Crippen molar-refractivity contribution in [2.45, 2.75) is 32.8 Å². The van der Waals surface area contributed by atoms with Crippen LogP contribution in [0, 0.1) is 0 Å². The summed E-state index contributed by atoms with van der Waals surface area (Å²) in [4.78, 5) is 0. The Morgan fingerprint density at radius 1 is 0.818 bits per heavy atom. The second kappa shape index (κ2) is 6.73. The van der Waals surface area contributed by atoms with Crippen LogP contribution in [0.1, 0.15) is 31.9 Å². The summed E-state index contributed by atoms with van der Waals surface area (Å²) >= 11 is 0. The van der Waals surface area contributed by atoms with Gasteiger partial charge in [-0.2, -0.15) is 0 Å². The van der Waals surface area contributed by atoms with Crippen LogP contribution in [0.2, 0.25) is 0 Å². The zero-order valence-corrected chi connectivity index (χ0v) is 14.0. The van der Waals surface area contributed by atoms with Gasteiger partial charge in [-0.1, -0.05) is 18.2 Å². The Morgan fingerprint density at radius 3 is 2.00 bits per heavy atom. The molecule has 2 rings (SSSR count). The third-order valence-electron chi connectivity index (χ3n) is 3.24. The van der Waals surface area contributed by atoms with Gasteiger partial charge in [0.15, 0.2) is 0 Å². The lowest BCUT2D eigenvalue weighted by atomic mass is 10.0. The summed E-state index contributed by atoms with van der Waals surface area (Å²) < 4.78 is 16.5. The highest BCUT2D eigenvalue weighted by atomic mass is 16.5. The van der Waals surface area contributed by atoms with E-state index in [-0.39, 0.29) is 5.60 Å². The van der Waals surface area contributed by atoms with E-state index in [0.29, 0.717) is 0 Å². The number of ether oxygens (including phenoxy) is 3. The van der Waals surface area contributed by atoms with Gasteiger partial charge < -0.3 is 14.2 Å². The predicted octanol–water partition coefficient (Wildman–Crippen LogP) is 4.47. The fourth-order valence-corrected chi connectivity index (χ4v) is 2.25. The van der Waals surface area contributed by atoms with E-state index < -0.39 is 0 Å². The summed E-state index contributed by atoms with van der Waals surface area (Å²) in [5.41, 5.74) is 2.17. The van der Waals surface area contributed by atoms with Gasteiger partial charge in [0.2, 0.25) is 0 Å². The zero-order chi connectivity index (χ0) is 16.2. The molecule has 0 spiro atoms. The van der Waals surface area contributed by atoms with E-state index in [9.17, 15) is 0 Å². The second-order valence-corrected chi connectivity index (χ2v) is 6.21. The van der Waals surface area contributed by atoms with Gasteiger partial charge in [0.05, 0.1) is 14.2 Å². The molecule has 0 saturated heterocycles. The topological polar surface area (TPSA) is 27.7 Å². The number of rotatable bonds is 5. The van der Waals surface area contributed by atoms with Crippen molar-refractivity contribution >= 4 is 0 Å². The van der Waals surface area contributed by atoms with E-state index in [2.05, 4.69) is 12.1 Å². The quantitative estimate of drug-likeness (QED) is 0.815. The Labute approximate surface area is 132 Å². The highest BCUT2D eigenvalue weighted by Crippen LogP contribution is 2.27. The summed E-state index contributed by atoms with van der Waals surface area (Å²) in [6, 6.07) is 14.1. The molecule has 0 amide bonds. The Hall–Kier alpha value is -2.16. The van der Waals surface area contributed by atoms with Crippen LogP contribution >= 0.6 is 0 Å². The van der Waals surface area contributed by atoms with Crippen LogP contribution in [0.4, 0.5) is 0 Å². The van der Waals surface area contributed by atoms with Gasteiger partial charge in [0.1, 0.15) is 22.8 Å². The first kappa shape index (κ1) is 16.2. The Balaban J connectivity index is 2.14. The highest BCUT2D eigenvalue weighted by molar-refractivity contribution is 5.43. The number of methoxy groups -OCH3 is 2. The molecule has 0 aromatic heterocycles. The number of hydrogen-bond acceptors (Lipinski definition) is 3. The second-order valence-electron chi connectivity index (χ2n) is 6.21.